The van der Waals surface area contributed by atoms with Gasteiger partial charge in [-0.3, -0.25) is 0 Å². The lowest BCUT2D eigenvalue weighted by atomic mass is 10.2. The Hall–Kier alpha value is -1.58. The van der Waals surface area contributed by atoms with E-state index in [1.54, 1.807) is 12.1 Å². The molecular formula is C14H14ClFN2. The highest BCUT2D eigenvalue weighted by Crippen LogP contribution is 2.19. The molecule has 0 aliphatic rings. The molecule has 0 unspecified atom stereocenters. The van der Waals surface area contributed by atoms with Gasteiger partial charge in [-0.15, -0.1) is 0 Å². The lowest BCUT2D eigenvalue weighted by molar-refractivity contribution is 0.600. The van der Waals surface area contributed by atoms with Crippen LogP contribution in [0.4, 0.5) is 10.1 Å². The van der Waals surface area contributed by atoms with Crippen LogP contribution in [-0.2, 0) is 6.54 Å². The predicted octanol–water partition coefficient (Wildman–Crippen LogP) is 3.90. The summed E-state index contributed by atoms with van der Waals surface area (Å²) in [7, 11) is 0. The fourth-order valence-corrected chi connectivity index (χ4v) is 1.78. The number of aryl methyl sites for hydroxylation is 1. The Morgan fingerprint density at radius 2 is 1.94 bits per heavy atom. The van der Waals surface area contributed by atoms with Gasteiger partial charge in [0.2, 0.25) is 0 Å². The Morgan fingerprint density at radius 1 is 1.17 bits per heavy atom. The van der Waals surface area contributed by atoms with Crippen molar-refractivity contribution in [1.29, 1.82) is 0 Å². The highest BCUT2D eigenvalue weighted by molar-refractivity contribution is 6.30. The van der Waals surface area contributed by atoms with Crippen molar-refractivity contribution in [1.82, 2.24) is 5.43 Å². The van der Waals surface area contributed by atoms with Gasteiger partial charge >= 0.3 is 0 Å². The second-order valence-electron chi connectivity index (χ2n) is 4.03. The van der Waals surface area contributed by atoms with Gasteiger partial charge in [-0.05, 0) is 30.7 Å². The summed E-state index contributed by atoms with van der Waals surface area (Å²) in [6, 6.07) is 12.3. The van der Waals surface area contributed by atoms with E-state index in [2.05, 4.69) is 10.9 Å². The minimum atomic E-state index is -0.213. The zero-order chi connectivity index (χ0) is 13.0. The van der Waals surface area contributed by atoms with Crippen molar-refractivity contribution in [2.24, 2.45) is 0 Å². The van der Waals surface area contributed by atoms with Crippen LogP contribution in [0.2, 0.25) is 5.02 Å². The van der Waals surface area contributed by atoms with Gasteiger partial charge < -0.3 is 5.43 Å². The Balaban J connectivity index is 1.96. The zero-order valence-electron chi connectivity index (χ0n) is 10.0. The predicted molar refractivity (Wildman–Crippen MR) is 73.1 cm³/mol. The number of nitrogens with one attached hydrogen (secondary N) is 2. The molecule has 0 aliphatic carbocycles. The smallest absolute Gasteiger partial charge is 0.127 e. The van der Waals surface area contributed by atoms with Crippen LogP contribution in [0.15, 0.2) is 42.5 Å². The summed E-state index contributed by atoms with van der Waals surface area (Å²) in [5, 5.41) is 0.663. The fourth-order valence-electron chi connectivity index (χ4n) is 1.61. The normalized spacial score (nSPS) is 10.4. The maximum Gasteiger partial charge on any atom is 0.127 e. The second kappa shape index (κ2) is 5.85. The van der Waals surface area contributed by atoms with Crippen LogP contribution in [0.3, 0.4) is 0 Å². The SMILES string of the molecule is Cc1ccc(Cl)cc1NNCc1ccccc1F. The second-order valence-corrected chi connectivity index (χ2v) is 4.47. The first-order chi connectivity index (χ1) is 8.66. The minimum absolute atomic E-state index is 0.213. The molecule has 0 radical (unpaired) electrons. The molecule has 2 aromatic rings. The summed E-state index contributed by atoms with van der Waals surface area (Å²) >= 11 is 5.91. The van der Waals surface area contributed by atoms with Crippen molar-refractivity contribution in [2.75, 3.05) is 5.43 Å². The van der Waals surface area contributed by atoms with E-state index in [-0.39, 0.29) is 5.82 Å². The van der Waals surface area contributed by atoms with Gasteiger partial charge in [-0.25, -0.2) is 9.82 Å². The molecule has 4 heteroatoms. The number of halogens is 2. The maximum atomic E-state index is 13.4. The molecule has 2 nitrogen and oxygen atoms in total. The molecule has 2 rings (SSSR count). The summed E-state index contributed by atoms with van der Waals surface area (Å²) in [5.74, 6) is -0.213. The van der Waals surface area contributed by atoms with E-state index in [0.29, 0.717) is 17.1 Å². The molecule has 0 saturated heterocycles. The number of anilines is 1. The molecule has 0 aliphatic heterocycles. The molecule has 0 atom stereocenters. The fraction of sp³-hybridized carbons (Fsp3) is 0.143. The van der Waals surface area contributed by atoms with Crippen molar-refractivity contribution >= 4 is 17.3 Å². The maximum absolute atomic E-state index is 13.4. The summed E-state index contributed by atoms with van der Waals surface area (Å²) in [5.41, 5.74) is 8.58. The molecule has 0 saturated carbocycles. The van der Waals surface area contributed by atoms with Crippen LogP contribution in [0.25, 0.3) is 0 Å². The highest BCUT2D eigenvalue weighted by atomic mass is 35.5. The molecule has 0 aromatic heterocycles. The number of hydrazine groups is 1. The van der Waals surface area contributed by atoms with Crippen molar-refractivity contribution in [2.45, 2.75) is 13.5 Å². The van der Waals surface area contributed by atoms with Gasteiger partial charge in [-0.2, -0.15) is 0 Å². The van der Waals surface area contributed by atoms with Gasteiger partial charge in [0.1, 0.15) is 5.82 Å². The summed E-state index contributed by atoms with van der Waals surface area (Å²) in [4.78, 5) is 0. The average molecular weight is 265 g/mol. The Morgan fingerprint density at radius 3 is 2.72 bits per heavy atom. The topological polar surface area (TPSA) is 24.1 Å². The van der Waals surface area contributed by atoms with E-state index >= 15 is 0 Å². The number of benzene rings is 2. The first-order valence-corrected chi connectivity index (χ1v) is 6.03. The quantitative estimate of drug-likeness (QED) is 0.819. The third-order valence-corrected chi connectivity index (χ3v) is 2.89. The molecule has 0 amide bonds. The molecular weight excluding hydrogens is 251 g/mol. The molecule has 2 aromatic carbocycles. The van der Waals surface area contributed by atoms with Crippen LogP contribution < -0.4 is 10.9 Å². The lowest BCUT2D eigenvalue weighted by Crippen LogP contribution is -2.22. The van der Waals surface area contributed by atoms with Crippen LogP contribution in [-0.4, -0.2) is 0 Å². The standard InChI is InChI=1S/C14H14ClFN2/c1-10-6-7-12(15)8-14(10)18-17-9-11-4-2-3-5-13(11)16/h2-8,17-18H,9H2,1H3. The van der Waals surface area contributed by atoms with Crippen LogP contribution >= 0.6 is 11.6 Å². The molecule has 0 bridgehead atoms. The number of hydrogen-bond acceptors (Lipinski definition) is 2. The van der Waals surface area contributed by atoms with Gasteiger partial charge in [0.25, 0.3) is 0 Å². The molecule has 0 fully saturated rings. The number of rotatable bonds is 4. The van der Waals surface area contributed by atoms with Crippen LogP contribution in [0.1, 0.15) is 11.1 Å². The Labute approximate surface area is 111 Å². The zero-order valence-corrected chi connectivity index (χ0v) is 10.8. The monoisotopic (exact) mass is 264 g/mol. The van der Waals surface area contributed by atoms with E-state index < -0.39 is 0 Å². The Bertz CT molecular complexity index is 543. The average Bonchev–Trinajstić information content (AvgIpc) is 2.36. The molecule has 94 valence electrons. The first-order valence-electron chi connectivity index (χ1n) is 5.65. The summed E-state index contributed by atoms with van der Waals surface area (Å²) < 4.78 is 13.4. The molecule has 2 N–H and O–H groups in total. The first kappa shape index (κ1) is 12.9. The summed E-state index contributed by atoms with van der Waals surface area (Å²) in [6.45, 7) is 2.38. The van der Waals surface area contributed by atoms with Crippen molar-refractivity contribution in [3.05, 3.63) is 64.4 Å². The lowest BCUT2D eigenvalue weighted by Gasteiger charge is -2.11. The highest BCUT2D eigenvalue weighted by Gasteiger charge is 2.01. The third kappa shape index (κ3) is 3.22. The van der Waals surface area contributed by atoms with E-state index in [4.69, 9.17) is 11.6 Å². The third-order valence-electron chi connectivity index (χ3n) is 2.66. The van der Waals surface area contributed by atoms with Gasteiger partial charge in [0.15, 0.2) is 0 Å². The molecule has 0 spiro atoms. The van der Waals surface area contributed by atoms with Crippen LogP contribution in [0, 0.1) is 12.7 Å². The van der Waals surface area contributed by atoms with Gasteiger partial charge in [-0.1, -0.05) is 35.9 Å². The van der Waals surface area contributed by atoms with E-state index in [0.717, 1.165) is 11.3 Å². The number of hydrogen-bond donors (Lipinski definition) is 2. The van der Waals surface area contributed by atoms with Crippen molar-refractivity contribution in [3.8, 4) is 0 Å². The molecule has 18 heavy (non-hydrogen) atoms. The molecule has 0 heterocycles. The van der Waals surface area contributed by atoms with Gasteiger partial charge in [0.05, 0.1) is 5.69 Å². The Kier molecular flexibility index (Phi) is 4.18. The van der Waals surface area contributed by atoms with Crippen LogP contribution in [0.5, 0.6) is 0 Å². The summed E-state index contributed by atoms with van der Waals surface area (Å²) in [6.07, 6.45) is 0. The van der Waals surface area contributed by atoms with Crippen molar-refractivity contribution < 1.29 is 4.39 Å². The minimum Gasteiger partial charge on any atom is -0.321 e. The van der Waals surface area contributed by atoms with E-state index in [9.17, 15) is 4.39 Å². The van der Waals surface area contributed by atoms with E-state index in [1.807, 2.05) is 31.2 Å². The van der Waals surface area contributed by atoms with Gasteiger partial charge in [0, 0.05) is 17.1 Å². The van der Waals surface area contributed by atoms with Crippen molar-refractivity contribution in [3.63, 3.8) is 0 Å². The van der Waals surface area contributed by atoms with E-state index in [1.165, 1.54) is 6.07 Å². The largest absolute Gasteiger partial charge is 0.321 e.